The van der Waals surface area contributed by atoms with E-state index in [9.17, 15) is 13.2 Å². The van der Waals surface area contributed by atoms with Gasteiger partial charge in [-0.2, -0.15) is 0 Å². The number of hydrogen-bond donors (Lipinski definition) is 1. The summed E-state index contributed by atoms with van der Waals surface area (Å²) in [6.07, 6.45) is 0. The van der Waals surface area contributed by atoms with Crippen LogP contribution in [0.15, 0.2) is 80.7 Å². The Bertz CT molecular complexity index is 1280. The Balaban J connectivity index is 1.33. The molecule has 2 aromatic carbocycles. The van der Waals surface area contributed by atoms with Crippen molar-refractivity contribution in [1.29, 1.82) is 0 Å². The van der Waals surface area contributed by atoms with Crippen LogP contribution in [0, 0.1) is 0 Å². The number of nitrogens with zero attached hydrogens (tertiary/aromatic N) is 1. The van der Waals surface area contributed by atoms with Gasteiger partial charge >= 0.3 is 0 Å². The average Bonchev–Trinajstić information content (AvgIpc) is 3.48. The second kappa shape index (κ2) is 9.05. The number of fused-ring (bicyclic) bond motifs is 1. The van der Waals surface area contributed by atoms with Crippen LogP contribution in [0.1, 0.15) is 18.7 Å². The second-order valence-corrected chi connectivity index (χ2v) is 10.3. The van der Waals surface area contributed by atoms with Crippen LogP contribution in [0.4, 0.5) is 5.69 Å². The first-order chi connectivity index (χ1) is 15.3. The van der Waals surface area contributed by atoms with E-state index in [-0.39, 0.29) is 22.8 Å². The summed E-state index contributed by atoms with van der Waals surface area (Å²) in [4.78, 5) is 12.3. The predicted molar refractivity (Wildman–Crippen MR) is 125 cm³/mol. The molecule has 2 aromatic heterocycles. The Kier molecular flexibility index (Phi) is 6.20. The number of furan rings is 1. The lowest BCUT2D eigenvalue weighted by Crippen LogP contribution is -2.31. The van der Waals surface area contributed by atoms with Crippen LogP contribution in [-0.4, -0.2) is 28.0 Å². The minimum absolute atomic E-state index is 0.173. The summed E-state index contributed by atoms with van der Waals surface area (Å²) >= 11 is 1.17. The first kappa shape index (κ1) is 21.9. The number of sulfonamides is 1. The topological polar surface area (TPSA) is 88.9 Å². The van der Waals surface area contributed by atoms with Gasteiger partial charge in [-0.15, -0.1) is 11.3 Å². The largest absolute Gasteiger partial charge is 0.484 e. The number of anilines is 1. The van der Waals surface area contributed by atoms with Gasteiger partial charge in [-0.05, 0) is 54.8 Å². The summed E-state index contributed by atoms with van der Waals surface area (Å²) in [6, 6.07) is 19.0. The molecule has 0 saturated heterocycles. The third-order valence-corrected chi connectivity index (χ3v) is 8.09. The highest BCUT2D eigenvalue weighted by atomic mass is 32.2. The molecule has 1 atom stereocenters. The number of amides is 1. The second-order valence-electron chi connectivity index (χ2n) is 7.16. The van der Waals surface area contributed by atoms with Gasteiger partial charge in [0.05, 0.1) is 11.7 Å². The van der Waals surface area contributed by atoms with Gasteiger partial charge in [-0.1, -0.05) is 24.3 Å². The number of thiophene rings is 1. The molecule has 1 amide bonds. The quantitative estimate of drug-likeness (QED) is 0.407. The highest BCUT2D eigenvalue weighted by Gasteiger charge is 2.22. The third kappa shape index (κ3) is 4.63. The van der Waals surface area contributed by atoms with E-state index in [1.807, 2.05) is 37.3 Å². The van der Waals surface area contributed by atoms with Crippen molar-refractivity contribution in [2.75, 3.05) is 18.0 Å². The summed E-state index contributed by atoms with van der Waals surface area (Å²) in [5.74, 6) is 0.834. The van der Waals surface area contributed by atoms with E-state index in [1.165, 1.54) is 22.7 Å². The minimum Gasteiger partial charge on any atom is -0.484 e. The zero-order valence-electron chi connectivity index (χ0n) is 17.5. The van der Waals surface area contributed by atoms with Gasteiger partial charge in [0.2, 0.25) is 0 Å². The van der Waals surface area contributed by atoms with Crippen molar-refractivity contribution in [3.8, 4) is 5.75 Å². The van der Waals surface area contributed by atoms with Crippen LogP contribution >= 0.6 is 11.3 Å². The first-order valence-electron chi connectivity index (χ1n) is 9.88. The van der Waals surface area contributed by atoms with Gasteiger partial charge < -0.3 is 14.5 Å². The Hall–Kier alpha value is -3.30. The number of rotatable bonds is 8. The van der Waals surface area contributed by atoms with Crippen molar-refractivity contribution >= 4 is 43.9 Å². The maximum absolute atomic E-state index is 12.6. The van der Waals surface area contributed by atoms with Crippen LogP contribution in [0.5, 0.6) is 5.75 Å². The summed E-state index contributed by atoms with van der Waals surface area (Å²) in [5, 5.41) is 5.55. The van der Waals surface area contributed by atoms with Gasteiger partial charge in [0.25, 0.3) is 15.9 Å². The lowest BCUT2D eigenvalue weighted by Gasteiger charge is -2.18. The Morgan fingerprint density at radius 2 is 1.88 bits per heavy atom. The average molecular weight is 471 g/mol. The molecule has 0 bridgehead atoms. The SMILES string of the molecule is C[C@H](NC(=O)COc1ccc(N(C)S(=O)(=O)c2cccs2)cc1)c1cc2ccccc2o1. The molecule has 32 heavy (non-hydrogen) atoms. The smallest absolute Gasteiger partial charge is 0.273 e. The van der Waals surface area contributed by atoms with E-state index in [0.717, 1.165) is 11.0 Å². The van der Waals surface area contributed by atoms with Gasteiger partial charge in [-0.3, -0.25) is 9.10 Å². The van der Waals surface area contributed by atoms with E-state index < -0.39 is 10.0 Å². The Labute approximate surface area is 190 Å². The molecule has 166 valence electrons. The fourth-order valence-corrected chi connectivity index (χ4v) is 5.51. The number of carbonyl (C=O) groups excluding carboxylic acids is 1. The molecule has 1 N–H and O–H groups in total. The van der Waals surface area contributed by atoms with Gasteiger partial charge in [0.1, 0.15) is 21.3 Å². The van der Waals surface area contributed by atoms with Crippen LogP contribution in [0.25, 0.3) is 11.0 Å². The number of benzene rings is 2. The molecule has 0 spiro atoms. The van der Waals surface area contributed by atoms with Crippen molar-refractivity contribution < 1.29 is 22.4 Å². The molecule has 9 heteroatoms. The van der Waals surface area contributed by atoms with E-state index in [4.69, 9.17) is 9.15 Å². The van der Waals surface area contributed by atoms with Gasteiger partial charge in [0, 0.05) is 12.4 Å². The Morgan fingerprint density at radius 1 is 1.12 bits per heavy atom. The first-order valence-corrected chi connectivity index (χ1v) is 12.2. The standard InChI is InChI=1S/C23H22N2O5S2/c1-16(21-14-17-6-3-4-7-20(17)30-21)24-22(26)15-29-19-11-9-18(10-12-19)25(2)32(27,28)23-8-5-13-31-23/h3-14,16H,15H2,1-2H3,(H,24,26)/t16-/m0/s1. The summed E-state index contributed by atoms with van der Waals surface area (Å²) in [7, 11) is -2.10. The molecule has 0 aliphatic carbocycles. The number of para-hydroxylation sites is 1. The van der Waals surface area contributed by atoms with E-state index >= 15 is 0 Å². The molecule has 7 nitrogen and oxygen atoms in total. The summed E-state index contributed by atoms with van der Waals surface area (Å²) in [6.45, 7) is 1.67. The van der Waals surface area contributed by atoms with Crippen LogP contribution in [0.3, 0.4) is 0 Å². The van der Waals surface area contributed by atoms with Crippen molar-refractivity contribution in [3.63, 3.8) is 0 Å². The molecule has 0 unspecified atom stereocenters. The predicted octanol–water partition coefficient (Wildman–Crippen LogP) is 4.58. The molecule has 0 saturated carbocycles. The maximum atomic E-state index is 12.6. The van der Waals surface area contributed by atoms with Crippen LogP contribution in [0.2, 0.25) is 0 Å². The highest BCUT2D eigenvalue weighted by Crippen LogP contribution is 2.27. The van der Waals surface area contributed by atoms with Gasteiger partial charge in [-0.25, -0.2) is 8.42 Å². The zero-order valence-corrected chi connectivity index (χ0v) is 19.2. The summed E-state index contributed by atoms with van der Waals surface area (Å²) in [5.41, 5.74) is 1.26. The maximum Gasteiger partial charge on any atom is 0.273 e. The molecule has 0 aliphatic heterocycles. The van der Waals surface area contributed by atoms with E-state index in [0.29, 0.717) is 17.2 Å². The van der Waals surface area contributed by atoms with Gasteiger partial charge in [0.15, 0.2) is 6.61 Å². The molecule has 0 aliphatic rings. The van der Waals surface area contributed by atoms with Crippen molar-refractivity contribution in [3.05, 3.63) is 77.9 Å². The van der Waals surface area contributed by atoms with Crippen LogP contribution < -0.4 is 14.4 Å². The van der Waals surface area contributed by atoms with Crippen molar-refractivity contribution in [1.82, 2.24) is 5.32 Å². The fraction of sp³-hybridized carbons (Fsp3) is 0.174. The molecule has 0 radical (unpaired) electrons. The van der Waals surface area contributed by atoms with E-state index in [1.54, 1.807) is 41.8 Å². The molecule has 4 aromatic rings. The number of ether oxygens (including phenoxy) is 1. The third-order valence-electron chi connectivity index (χ3n) is 4.93. The molecule has 4 rings (SSSR count). The van der Waals surface area contributed by atoms with E-state index in [2.05, 4.69) is 5.32 Å². The number of hydrogen-bond acceptors (Lipinski definition) is 6. The number of carbonyl (C=O) groups is 1. The zero-order chi connectivity index (χ0) is 22.7. The monoisotopic (exact) mass is 470 g/mol. The summed E-state index contributed by atoms with van der Waals surface area (Å²) < 4.78 is 38.0. The molecule has 0 fully saturated rings. The lowest BCUT2D eigenvalue weighted by atomic mass is 10.2. The molecular formula is C23H22N2O5S2. The lowest BCUT2D eigenvalue weighted by molar-refractivity contribution is -0.123. The number of nitrogens with one attached hydrogen (secondary N) is 1. The Morgan fingerprint density at radius 3 is 2.56 bits per heavy atom. The van der Waals surface area contributed by atoms with Crippen LogP contribution in [-0.2, 0) is 14.8 Å². The highest BCUT2D eigenvalue weighted by molar-refractivity contribution is 7.94. The normalized spacial score (nSPS) is 12.4. The van der Waals surface area contributed by atoms with Crippen molar-refractivity contribution in [2.24, 2.45) is 0 Å². The van der Waals surface area contributed by atoms with Crippen molar-refractivity contribution in [2.45, 2.75) is 17.2 Å². The fourth-order valence-electron chi connectivity index (χ4n) is 3.16. The molecule has 2 heterocycles. The molecular weight excluding hydrogens is 448 g/mol. The minimum atomic E-state index is -3.60.